The maximum atomic E-state index is 12.8. The molecule has 3 rings (SSSR count). The van der Waals surface area contributed by atoms with Crippen LogP contribution < -0.4 is 0 Å². The summed E-state index contributed by atoms with van der Waals surface area (Å²) in [6.45, 7) is 3.31. The van der Waals surface area contributed by atoms with Gasteiger partial charge >= 0.3 is 5.97 Å². The van der Waals surface area contributed by atoms with Crippen molar-refractivity contribution in [2.45, 2.75) is 19.6 Å². The van der Waals surface area contributed by atoms with Crippen LogP contribution in [-0.2, 0) is 24.9 Å². The van der Waals surface area contributed by atoms with Crippen LogP contribution >= 0.6 is 0 Å². The number of rotatable bonds is 5. The molecule has 1 N–H and O–H groups in total. The SMILES string of the molecule is CCOC(=O)COC1(OO)c2ccccc2C(=O)c2cc(C)ccc21. The summed E-state index contributed by atoms with van der Waals surface area (Å²) in [5.41, 5.74) is 2.26. The molecule has 1 unspecified atom stereocenters. The average Bonchev–Trinajstić information content (AvgIpc) is 2.63. The number of hydrogen-bond donors (Lipinski definition) is 1. The topological polar surface area (TPSA) is 82.1 Å². The molecule has 0 heterocycles. The molecule has 2 aromatic rings. The second-order valence-electron chi connectivity index (χ2n) is 5.73. The summed E-state index contributed by atoms with van der Waals surface area (Å²) in [5.74, 6) is -2.57. The second-order valence-corrected chi connectivity index (χ2v) is 5.73. The van der Waals surface area contributed by atoms with Crippen LogP contribution in [0.5, 0.6) is 0 Å². The van der Waals surface area contributed by atoms with Gasteiger partial charge in [-0.25, -0.2) is 10.1 Å². The highest BCUT2D eigenvalue weighted by atomic mass is 17.1. The third-order valence-electron chi connectivity index (χ3n) is 4.13. The summed E-state index contributed by atoms with van der Waals surface area (Å²) in [6, 6.07) is 11.8. The van der Waals surface area contributed by atoms with Crippen LogP contribution in [-0.4, -0.2) is 30.2 Å². The summed E-state index contributed by atoms with van der Waals surface area (Å²) in [7, 11) is 0. The molecule has 25 heavy (non-hydrogen) atoms. The van der Waals surface area contributed by atoms with Crippen molar-refractivity contribution >= 4 is 11.8 Å². The smallest absolute Gasteiger partial charge is 0.332 e. The van der Waals surface area contributed by atoms with Gasteiger partial charge in [0.1, 0.15) is 6.61 Å². The number of esters is 1. The van der Waals surface area contributed by atoms with E-state index in [-0.39, 0.29) is 12.4 Å². The van der Waals surface area contributed by atoms with Gasteiger partial charge in [0.15, 0.2) is 5.78 Å². The monoisotopic (exact) mass is 342 g/mol. The molecular weight excluding hydrogens is 324 g/mol. The zero-order valence-corrected chi connectivity index (χ0v) is 13.9. The van der Waals surface area contributed by atoms with E-state index in [1.54, 1.807) is 49.4 Å². The molecule has 1 aliphatic rings. The van der Waals surface area contributed by atoms with Crippen molar-refractivity contribution in [1.82, 2.24) is 0 Å². The van der Waals surface area contributed by atoms with E-state index in [2.05, 4.69) is 0 Å². The van der Waals surface area contributed by atoms with Crippen LogP contribution in [0, 0.1) is 6.92 Å². The lowest BCUT2D eigenvalue weighted by molar-refractivity contribution is -0.394. The number of carbonyl (C=O) groups is 2. The molecule has 130 valence electrons. The van der Waals surface area contributed by atoms with Crippen LogP contribution in [0.4, 0.5) is 0 Å². The lowest BCUT2D eigenvalue weighted by Crippen LogP contribution is -2.41. The summed E-state index contributed by atoms with van der Waals surface area (Å²) < 4.78 is 10.5. The first-order chi connectivity index (χ1) is 12.0. The Labute approximate surface area is 144 Å². The van der Waals surface area contributed by atoms with Crippen molar-refractivity contribution in [3.8, 4) is 0 Å². The molecule has 0 aliphatic heterocycles. The van der Waals surface area contributed by atoms with Gasteiger partial charge in [0.2, 0.25) is 0 Å². The van der Waals surface area contributed by atoms with E-state index in [0.717, 1.165) is 5.56 Å². The fourth-order valence-electron chi connectivity index (χ4n) is 3.03. The molecule has 0 fully saturated rings. The molecule has 0 amide bonds. The Hall–Kier alpha value is -2.54. The zero-order valence-electron chi connectivity index (χ0n) is 13.9. The number of ketones is 1. The first-order valence-corrected chi connectivity index (χ1v) is 7.91. The fraction of sp³-hybridized carbons (Fsp3) is 0.263. The Balaban J connectivity index is 2.15. The van der Waals surface area contributed by atoms with E-state index in [1.807, 2.05) is 6.92 Å². The van der Waals surface area contributed by atoms with E-state index in [0.29, 0.717) is 22.3 Å². The van der Waals surface area contributed by atoms with Crippen LogP contribution in [0.1, 0.15) is 39.5 Å². The first-order valence-electron chi connectivity index (χ1n) is 7.91. The van der Waals surface area contributed by atoms with E-state index in [1.165, 1.54) is 0 Å². The second kappa shape index (κ2) is 6.76. The van der Waals surface area contributed by atoms with Crippen LogP contribution in [0.2, 0.25) is 0 Å². The van der Waals surface area contributed by atoms with Gasteiger partial charge in [0, 0.05) is 22.3 Å². The third-order valence-corrected chi connectivity index (χ3v) is 4.13. The standard InChI is InChI=1S/C19H18O6/c1-3-23-17(20)11-24-19(25-22)15-7-5-4-6-13(15)18(21)14-10-12(2)8-9-16(14)19/h4-10,22H,3,11H2,1-2H3. The minimum Gasteiger partial charge on any atom is -0.464 e. The van der Waals surface area contributed by atoms with Gasteiger partial charge in [-0.05, 0) is 19.9 Å². The molecule has 1 atom stereocenters. The number of carbonyl (C=O) groups excluding carboxylic acids is 2. The van der Waals surface area contributed by atoms with Crippen molar-refractivity contribution in [2.24, 2.45) is 0 Å². The van der Waals surface area contributed by atoms with Gasteiger partial charge < -0.3 is 9.47 Å². The molecule has 2 aromatic carbocycles. The highest BCUT2D eigenvalue weighted by Gasteiger charge is 2.47. The summed E-state index contributed by atoms with van der Waals surface area (Å²) in [6.07, 6.45) is 0. The Kier molecular flexibility index (Phi) is 4.67. The van der Waals surface area contributed by atoms with Crippen LogP contribution in [0.25, 0.3) is 0 Å². The van der Waals surface area contributed by atoms with Crippen molar-refractivity contribution in [3.63, 3.8) is 0 Å². The minimum absolute atomic E-state index is 0.193. The van der Waals surface area contributed by atoms with E-state index in [9.17, 15) is 14.8 Å². The third kappa shape index (κ3) is 2.84. The maximum absolute atomic E-state index is 12.8. The van der Waals surface area contributed by atoms with Gasteiger partial charge in [-0.15, -0.1) is 0 Å². The molecule has 0 saturated heterocycles. The lowest BCUT2D eigenvalue weighted by Gasteiger charge is -2.36. The minimum atomic E-state index is -1.78. The quantitative estimate of drug-likeness (QED) is 0.389. The largest absolute Gasteiger partial charge is 0.464 e. The first kappa shape index (κ1) is 17.3. The van der Waals surface area contributed by atoms with Gasteiger partial charge in [0.05, 0.1) is 6.61 Å². The molecule has 1 aliphatic carbocycles. The molecule has 6 heteroatoms. The molecule has 0 radical (unpaired) electrons. The van der Waals surface area contributed by atoms with Crippen molar-refractivity contribution < 1.29 is 29.2 Å². The van der Waals surface area contributed by atoms with Crippen molar-refractivity contribution in [1.29, 1.82) is 0 Å². The highest BCUT2D eigenvalue weighted by molar-refractivity contribution is 6.13. The maximum Gasteiger partial charge on any atom is 0.332 e. The van der Waals surface area contributed by atoms with Gasteiger partial charge in [0.25, 0.3) is 5.79 Å². The predicted molar refractivity (Wildman–Crippen MR) is 88.1 cm³/mol. The Morgan fingerprint density at radius 2 is 1.84 bits per heavy atom. The van der Waals surface area contributed by atoms with E-state index >= 15 is 0 Å². The van der Waals surface area contributed by atoms with Crippen molar-refractivity contribution in [2.75, 3.05) is 13.2 Å². The lowest BCUT2D eigenvalue weighted by atomic mass is 9.80. The Bertz CT molecular complexity index is 828. The van der Waals surface area contributed by atoms with E-state index < -0.39 is 18.4 Å². The van der Waals surface area contributed by atoms with Crippen molar-refractivity contribution in [3.05, 3.63) is 70.3 Å². The molecule has 0 saturated carbocycles. The Morgan fingerprint density at radius 1 is 1.12 bits per heavy atom. The zero-order chi connectivity index (χ0) is 18.0. The van der Waals surface area contributed by atoms with Gasteiger partial charge in [-0.3, -0.25) is 4.79 Å². The summed E-state index contributed by atoms with van der Waals surface area (Å²) >= 11 is 0. The van der Waals surface area contributed by atoms with Gasteiger partial charge in [-0.1, -0.05) is 42.0 Å². The van der Waals surface area contributed by atoms with Crippen LogP contribution in [0.15, 0.2) is 42.5 Å². The van der Waals surface area contributed by atoms with Crippen LogP contribution in [0.3, 0.4) is 0 Å². The Morgan fingerprint density at radius 3 is 2.56 bits per heavy atom. The van der Waals surface area contributed by atoms with Gasteiger partial charge in [-0.2, -0.15) is 4.89 Å². The summed E-state index contributed by atoms with van der Waals surface area (Å²) in [5, 5.41) is 9.75. The number of fused-ring (bicyclic) bond motifs is 2. The molecule has 0 bridgehead atoms. The normalized spacial score (nSPS) is 18.4. The molecular formula is C19H18O6. The number of benzene rings is 2. The number of hydrogen-bond acceptors (Lipinski definition) is 6. The molecule has 0 spiro atoms. The molecule has 6 nitrogen and oxygen atoms in total. The number of ether oxygens (including phenoxy) is 2. The highest BCUT2D eigenvalue weighted by Crippen LogP contribution is 2.43. The predicted octanol–water partition coefficient (Wildman–Crippen LogP) is 2.81. The average molecular weight is 342 g/mol. The molecule has 0 aromatic heterocycles. The van der Waals surface area contributed by atoms with E-state index in [4.69, 9.17) is 14.4 Å². The fourth-order valence-corrected chi connectivity index (χ4v) is 3.03. The number of aryl methyl sites for hydroxylation is 1. The summed E-state index contributed by atoms with van der Waals surface area (Å²) in [4.78, 5) is 29.3.